The molecule has 0 aliphatic rings. The molecule has 7 nitrogen and oxygen atoms in total. The van der Waals surface area contributed by atoms with Crippen LogP contribution in [0.3, 0.4) is 0 Å². The molecule has 0 fully saturated rings. The predicted octanol–water partition coefficient (Wildman–Crippen LogP) is 5.09. The van der Waals surface area contributed by atoms with E-state index in [0.717, 1.165) is 16.9 Å². The number of nitro benzene ring substituents is 1. The normalized spacial score (nSPS) is 10.9. The maximum atomic E-state index is 12.1. The van der Waals surface area contributed by atoms with Crippen LogP contribution in [0.4, 0.5) is 5.69 Å². The SMILES string of the molecule is O=C(N/N=C/c1ccc(OCc2cccc3ccccc23)cc1)c1ccc([N+](=O)[O-])cc1. The average Bonchev–Trinajstić information content (AvgIpc) is 2.83. The third kappa shape index (κ3) is 4.96. The fourth-order valence-electron chi connectivity index (χ4n) is 3.19. The lowest BCUT2D eigenvalue weighted by atomic mass is 10.1. The van der Waals surface area contributed by atoms with Crippen molar-refractivity contribution in [2.75, 3.05) is 0 Å². The van der Waals surface area contributed by atoms with Gasteiger partial charge < -0.3 is 4.74 Å². The third-order valence-electron chi connectivity index (χ3n) is 4.87. The molecule has 32 heavy (non-hydrogen) atoms. The van der Waals surface area contributed by atoms with Gasteiger partial charge in [0.1, 0.15) is 12.4 Å². The smallest absolute Gasteiger partial charge is 0.271 e. The van der Waals surface area contributed by atoms with E-state index in [-0.39, 0.29) is 11.3 Å². The van der Waals surface area contributed by atoms with Crippen molar-refractivity contribution >= 4 is 28.6 Å². The summed E-state index contributed by atoms with van der Waals surface area (Å²) < 4.78 is 5.92. The number of nitrogens with zero attached hydrogens (tertiary/aromatic N) is 2. The Hall–Kier alpha value is -4.52. The van der Waals surface area contributed by atoms with Gasteiger partial charge in [-0.15, -0.1) is 0 Å². The predicted molar refractivity (Wildman–Crippen MR) is 123 cm³/mol. The number of amides is 1. The van der Waals surface area contributed by atoms with E-state index in [9.17, 15) is 14.9 Å². The minimum atomic E-state index is -0.519. The molecular formula is C25H19N3O4. The van der Waals surface area contributed by atoms with Crippen LogP contribution in [0.5, 0.6) is 5.75 Å². The van der Waals surface area contributed by atoms with Gasteiger partial charge in [-0.3, -0.25) is 14.9 Å². The summed E-state index contributed by atoms with van der Waals surface area (Å²) in [5.74, 6) is 0.274. The van der Waals surface area contributed by atoms with Crippen molar-refractivity contribution in [3.63, 3.8) is 0 Å². The van der Waals surface area contributed by atoms with E-state index in [4.69, 9.17) is 4.74 Å². The second kappa shape index (κ2) is 9.53. The summed E-state index contributed by atoms with van der Waals surface area (Å²) in [5, 5.41) is 17.0. The van der Waals surface area contributed by atoms with Gasteiger partial charge in [-0.2, -0.15) is 5.10 Å². The highest BCUT2D eigenvalue weighted by molar-refractivity contribution is 5.95. The van der Waals surface area contributed by atoms with E-state index in [0.29, 0.717) is 6.61 Å². The second-order valence-electron chi connectivity index (χ2n) is 7.00. The van der Waals surface area contributed by atoms with Gasteiger partial charge in [-0.25, -0.2) is 5.43 Å². The lowest BCUT2D eigenvalue weighted by Crippen LogP contribution is -2.17. The average molecular weight is 425 g/mol. The van der Waals surface area contributed by atoms with Gasteiger partial charge >= 0.3 is 0 Å². The summed E-state index contributed by atoms with van der Waals surface area (Å²) in [6.07, 6.45) is 1.51. The van der Waals surface area contributed by atoms with Gasteiger partial charge in [0.05, 0.1) is 11.1 Å². The number of rotatable bonds is 7. The topological polar surface area (TPSA) is 93.8 Å². The first kappa shape index (κ1) is 20.7. The Labute approximate surface area is 184 Å². The minimum Gasteiger partial charge on any atom is -0.489 e. The maximum Gasteiger partial charge on any atom is 0.271 e. The van der Waals surface area contributed by atoms with Crippen LogP contribution in [0, 0.1) is 10.1 Å². The monoisotopic (exact) mass is 425 g/mol. The van der Waals surface area contributed by atoms with Crippen LogP contribution in [-0.4, -0.2) is 17.0 Å². The minimum absolute atomic E-state index is 0.0761. The molecule has 0 atom stereocenters. The molecule has 0 aliphatic heterocycles. The molecule has 0 spiro atoms. The molecule has 7 heteroatoms. The highest BCUT2D eigenvalue weighted by Crippen LogP contribution is 2.21. The van der Waals surface area contributed by atoms with Crippen LogP contribution in [0.1, 0.15) is 21.5 Å². The molecule has 4 aromatic carbocycles. The summed E-state index contributed by atoms with van der Waals surface area (Å²) >= 11 is 0. The van der Waals surface area contributed by atoms with Gasteiger partial charge in [-0.1, -0.05) is 42.5 Å². The van der Waals surface area contributed by atoms with Gasteiger partial charge in [0, 0.05) is 17.7 Å². The van der Waals surface area contributed by atoms with Crippen LogP contribution in [0.2, 0.25) is 0 Å². The van der Waals surface area contributed by atoms with Crippen molar-refractivity contribution in [3.8, 4) is 5.75 Å². The molecule has 1 N–H and O–H groups in total. The van der Waals surface area contributed by atoms with E-state index in [2.05, 4.69) is 34.8 Å². The molecule has 0 saturated carbocycles. The lowest BCUT2D eigenvalue weighted by molar-refractivity contribution is -0.384. The molecule has 4 aromatic rings. The number of carbonyl (C=O) groups is 1. The van der Waals surface area contributed by atoms with Crippen molar-refractivity contribution in [2.45, 2.75) is 6.61 Å². The molecule has 0 bridgehead atoms. The number of carbonyl (C=O) groups excluding carboxylic acids is 1. The molecule has 1 amide bonds. The van der Waals surface area contributed by atoms with Crippen LogP contribution in [-0.2, 0) is 6.61 Å². The van der Waals surface area contributed by atoms with Crippen molar-refractivity contribution < 1.29 is 14.5 Å². The Balaban J connectivity index is 1.32. The zero-order valence-electron chi connectivity index (χ0n) is 17.0. The first-order chi connectivity index (χ1) is 15.6. The Morgan fingerprint density at radius 2 is 1.66 bits per heavy atom. The van der Waals surface area contributed by atoms with Gasteiger partial charge in [0.2, 0.25) is 0 Å². The Kier molecular flexibility index (Phi) is 6.17. The molecule has 0 aliphatic carbocycles. The number of nitro groups is 1. The summed E-state index contributed by atoms with van der Waals surface area (Å²) in [6.45, 7) is 0.458. The van der Waals surface area contributed by atoms with E-state index in [1.807, 2.05) is 42.5 Å². The summed E-state index contributed by atoms with van der Waals surface area (Å²) in [5.41, 5.74) is 4.51. The maximum absolute atomic E-state index is 12.1. The molecule has 0 aromatic heterocycles. The van der Waals surface area contributed by atoms with Crippen molar-refractivity contribution in [2.24, 2.45) is 5.10 Å². The number of non-ortho nitro benzene ring substituents is 1. The first-order valence-electron chi connectivity index (χ1n) is 9.87. The number of benzene rings is 4. The molecule has 0 unspecified atom stereocenters. The summed E-state index contributed by atoms with van der Waals surface area (Å²) in [6, 6.07) is 27.0. The van der Waals surface area contributed by atoms with Gasteiger partial charge in [0.25, 0.3) is 11.6 Å². The fraction of sp³-hybridized carbons (Fsp3) is 0.0400. The van der Waals surface area contributed by atoms with E-state index >= 15 is 0 Å². The number of fused-ring (bicyclic) bond motifs is 1. The Morgan fingerprint density at radius 1 is 0.938 bits per heavy atom. The fourth-order valence-corrected chi connectivity index (χ4v) is 3.19. The highest BCUT2D eigenvalue weighted by Gasteiger charge is 2.08. The quantitative estimate of drug-likeness (QED) is 0.253. The second-order valence-corrected chi connectivity index (χ2v) is 7.00. The Morgan fingerprint density at radius 3 is 2.41 bits per heavy atom. The molecule has 0 saturated heterocycles. The number of hydrogen-bond acceptors (Lipinski definition) is 5. The molecule has 4 rings (SSSR count). The molecule has 0 radical (unpaired) electrons. The zero-order chi connectivity index (χ0) is 22.3. The van der Waals surface area contributed by atoms with E-state index in [1.54, 1.807) is 0 Å². The van der Waals surface area contributed by atoms with Crippen LogP contribution in [0.15, 0.2) is 96.1 Å². The summed E-state index contributed by atoms with van der Waals surface area (Å²) in [7, 11) is 0. The van der Waals surface area contributed by atoms with Crippen molar-refractivity contribution in [3.05, 3.63) is 118 Å². The van der Waals surface area contributed by atoms with Crippen molar-refractivity contribution in [1.82, 2.24) is 5.43 Å². The van der Waals surface area contributed by atoms with Gasteiger partial charge in [-0.05, 0) is 58.3 Å². The number of ether oxygens (including phenoxy) is 1. The Bertz CT molecular complexity index is 1280. The van der Waals surface area contributed by atoms with Gasteiger partial charge in [0.15, 0.2) is 0 Å². The van der Waals surface area contributed by atoms with E-state index < -0.39 is 10.8 Å². The molecular weight excluding hydrogens is 406 g/mol. The first-order valence-corrected chi connectivity index (χ1v) is 9.87. The van der Waals surface area contributed by atoms with Crippen molar-refractivity contribution in [1.29, 1.82) is 0 Å². The van der Waals surface area contributed by atoms with E-state index in [1.165, 1.54) is 41.3 Å². The standard InChI is InChI=1S/C25H19N3O4/c29-25(20-10-12-22(13-11-20)28(30)31)27-26-16-18-8-14-23(15-9-18)32-17-21-6-3-5-19-4-1-2-7-24(19)21/h1-16H,17H2,(H,27,29)/b26-16+. The molecule has 158 valence electrons. The zero-order valence-corrected chi connectivity index (χ0v) is 17.0. The van der Waals surface area contributed by atoms with Crippen LogP contribution in [0.25, 0.3) is 10.8 Å². The van der Waals surface area contributed by atoms with Crippen LogP contribution >= 0.6 is 0 Å². The molecule has 0 heterocycles. The highest BCUT2D eigenvalue weighted by atomic mass is 16.6. The van der Waals surface area contributed by atoms with Crippen LogP contribution < -0.4 is 10.2 Å². The largest absolute Gasteiger partial charge is 0.489 e. The lowest BCUT2D eigenvalue weighted by Gasteiger charge is -2.09. The summed E-state index contributed by atoms with van der Waals surface area (Å²) in [4.78, 5) is 22.2. The number of hydrazone groups is 1. The third-order valence-corrected chi connectivity index (χ3v) is 4.87. The number of nitrogens with one attached hydrogen (secondary N) is 1. The number of hydrogen-bond donors (Lipinski definition) is 1.